The van der Waals surface area contributed by atoms with Gasteiger partial charge in [0.1, 0.15) is 17.9 Å². The van der Waals surface area contributed by atoms with Crippen LogP contribution in [0.15, 0.2) is 18.2 Å². The zero-order valence-corrected chi connectivity index (χ0v) is 10.1. The summed E-state index contributed by atoms with van der Waals surface area (Å²) in [6.45, 7) is 1.61. The third kappa shape index (κ3) is 3.96. The Morgan fingerprint density at radius 3 is 2.74 bits per heavy atom. The number of carbonyl (C=O) groups excluding carboxylic acids is 1. The van der Waals surface area contributed by atoms with E-state index in [9.17, 15) is 14.0 Å². The van der Waals surface area contributed by atoms with Gasteiger partial charge in [0.25, 0.3) is 0 Å². The van der Waals surface area contributed by atoms with E-state index in [4.69, 9.17) is 10.4 Å². The van der Waals surface area contributed by atoms with E-state index in [0.29, 0.717) is 0 Å². The molecule has 0 bridgehead atoms. The first kappa shape index (κ1) is 14.4. The van der Waals surface area contributed by atoms with Crippen molar-refractivity contribution in [3.05, 3.63) is 29.6 Å². The minimum Gasteiger partial charge on any atom is -0.480 e. The van der Waals surface area contributed by atoms with Crippen molar-refractivity contribution in [1.29, 1.82) is 5.26 Å². The lowest BCUT2D eigenvalue weighted by Crippen LogP contribution is -2.42. The van der Waals surface area contributed by atoms with Gasteiger partial charge in [0.05, 0.1) is 11.3 Å². The number of anilines is 1. The van der Waals surface area contributed by atoms with Gasteiger partial charge >= 0.3 is 12.0 Å². The Bertz CT molecular complexity index is 540. The molecule has 0 aliphatic rings. The first-order valence-electron chi connectivity index (χ1n) is 5.48. The number of urea groups is 1. The van der Waals surface area contributed by atoms with E-state index in [1.165, 1.54) is 6.07 Å². The van der Waals surface area contributed by atoms with Crippen molar-refractivity contribution >= 4 is 17.7 Å². The molecule has 6 nitrogen and oxygen atoms in total. The van der Waals surface area contributed by atoms with Crippen molar-refractivity contribution in [2.24, 2.45) is 0 Å². The molecule has 0 saturated carbocycles. The summed E-state index contributed by atoms with van der Waals surface area (Å²) in [5.41, 5.74) is 0.0696. The highest BCUT2D eigenvalue weighted by atomic mass is 19.1. The van der Waals surface area contributed by atoms with Crippen molar-refractivity contribution < 1.29 is 19.1 Å². The SMILES string of the molecule is CC[C@@H](NC(=O)Nc1ccc(F)cc1C#N)C(=O)O. The quantitative estimate of drug-likeness (QED) is 0.770. The first-order valence-corrected chi connectivity index (χ1v) is 5.48. The largest absolute Gasteiger partial charge is 0.480 e. The topological polar surface area (TPSA) is 102 Å². The van der Waals surface area contributed by atoms with Gasteiger partial charge in [-0.15, -0.1) is 0 Å². The Morgan fingerprint density at radius 1 is 1.53 bits per heavy atom. The average Bonchev–Trinajstić information content (AvgIpc) is 2.37. The summed E-state index contributed by atoms with van der Waals surface area (Å²) in [4.78, 5) is 22.3. The van der Waals surface area contributed by atoms with Crippen LogP contribution in [-0.2, 0) is 4.79 Å². The molecule has 7 heteroatoms. The number of carboxylic acids is 1. The smallest absolute Gasteiger partial charge is 0.326 e. The Morgan fingerprint density at radius 2 is 2.21 bits per heavy atom. The highest BCUT2D eigenvalue weighted by Crippen LogP contribution is 2.15. The third-order valence-electron chi connectivity index (χ3n) is 2.36. The van der Waals surface area contributed by atoms with Crippen LogP contribution in [0.3, 0.4) is 0 Å². The van der Waals surface area contributed by atoms with Gasteiger partial charge in [-0.25, -0.2) is 14.0 Å². The molecule has 1 aromatic rings. The van der Waals surface area contributed by atoms with Crippen molar-refractivity contribution in [2.45, 2.75) is 19.4 Å². The first-order chi connectivity index (χ1) is 8.97. The van der Waals surface area contributed by atoms with Gasteiger partial charge in [-0.05, 0) is 24.6 Å². The third-order valence-corrected chi connectivity index (χ3v) is 2.36. The number of carboxylic acid groups (broad SMARTS) is 1. The van der Waals surface area contributed by atoms with E-state index >= 15 is 0 Å². The number of rotatable bonds is 4. The van der Waals surface area contributed by atoms with Crippen LogP contribution in [0.4, 0.5) is 14.9 Å². The zero-order chi connectivity index (χ0) is 14.4. The fourth-order valence-corrected chi connectivity index (χ4v) is 1.37. The molecular formula is C12H12FN3O3. The molecule has 1 rings (SSSR count). The van der Waals surface area contributed by atoms with Crippen LogP contribution in [0.25, 0.3) is 0 Å². The number of benzene rings is 1. The van der Waals surface area contributed by atoms with Crippen LogP contribution < -0.4 is 10.6 Å². The molecule has 1 aromatic carbocycles. The van der Waals surface area contributed by atoms with Gasteiger partial charge in [-0.3, -0.25) is 0 Å². The number of aliphatic carboxylic acids is 1. The lowest BCUT2D eigenvalue weighted by Gasteiger charge is -2.13. The number of halogens is 1. The summed E-state index contributed by atoms with van der Waals surface area (Å²) in [5.74, 6) is -1.75. The monoisotopic (exact) mass is 265 g/mol. The van der Waals surface area contributed by atoms with E-state index in [-0.39, 0.29) is 17.7 Å². The Hall–Kier alpha value is -2.62. The van der Waals surface area contributed by atoms with Gasteiger partial charge in [0, 0.05) is 0 Å². The van der Waals surface area contributed by atoms with Gasteiger partial charge in [-0.1, -0.05) is 6.92 Å². The summed E-state index contributed by atoms with van der Waals surface area (Å²) in [6, 6.07) is 3.24. The molecule has 0 heterocycles. The van der Waals surface area contributed by atoms with Crippen LogP contribution >= 0.6 is 0 Å². The zero-order valence-electron chi connectivity index (χ0n) is 10.1. The molecule has 100 valence electrons. The van der Waals surface area contributed by atoms with Crippen LogP contribution in [0, 0.1) is 17.1 Å². The number of nitriles is 1. The normalized spacial score (nSPS) is 11.2. The molecule has 0 saturated heterocycles. The number of amides is 2. The standard InChI is InChI=1S/C12H12FN3O3/c1-2-9(11(17)18)15-12(19)16-10-4-3-8(13)5-7(10)6-14/h3-5,9H,2H2,1H3,(H,17,18)(H2,15,16,19)/t9-/m1/s1. The molecule has 1 atom stereocenters. The number of hydrogen-bond donors (Lipinski definition) is 3. The molecule has 0 fully saturated rings. The van der Waals surface area contributed by atoms with E-state index in [1.807, 2.05) is 0 Å². The van der Waals surface area contributed by atoms with Gasteiger partial charge in [-0.2, -0.15) is 5.26 Å². The van der Waals surface area contributed by atoms with Crippen LogP contribution in [0.2, 0.25) is 0 Å². The summed E-state index contributed by atoms with van der Waals surface area (Å²) >= 11 is 0. The Kier molecular flexibility index (Phi) is 4.83. The van der Waals surface area contributed by atoms with E-state index in [0.717, 1.165) is 12.1 Å². The highest BCUT2D eigenvalue weighted by Gasteiger charge is 2.18. The predicted octanol–water partition coefficient (Wildman–Crippen LogP) is 1.68. The maximum absolute atomic E-state index is 12.9. The Balaban J connectivity index is 2.78. The lowest BCUT2D eigenvalue weighted by atomic mass is 10.2. The molecule has 0 aliphatic heterocycles. The minimum atomic E-state index is -1.16. The molecule has 0 aromatic heterocycles. The van der Waals surface area contributed by atoms with Gasteiger partial charge in [0.2, 0.25) is 0 Å². The number of hydrogen-bond acceptors (Lipinski definition) is 3. The summed E-state index contributed by atoms with van der Waals surface area (Å²) in [7, 11) is 0. The van der Waals surface area contributed by atoms with Crippen LogP contribution in [0.5, 0.6) is 0 Å². The molecule has 0 spiro atoms. The summed E-state index contributed by atoms with van der Waals surface area (Å²) < 4.78 is 12.9. The van der Waals surface area contributed by atoms with E-state index in [2.05, 4.69) is 10.6 Å². The lowest BCUT2D eigenvalue weighted by molar-refractivity contribution is -0.139. The summed E-state index contributed by atoms with van der Waals surface area (Å²) in [6.07, 6.45) is 0.220. The molecule has 19 heavy (non-hydrogen) atoms. The molecule has 2 amide bonds. The fraction of sp³-hybridized carbons (Fsp3) is 0.250. The maximum Gasteiger partial charge on any atom is 0.326 e. The maximum atomic E-state index is 12.9. The van der Waals surface area contributed by atoms with E-state index in [1.54, 1.807) is 13.0 Å². The average molecular weight is 265 g/mol. The van der Waals surface area contributed by atoms with Crippen LogP contribution in [-0.4, -0.2) is 23.1 Å². The second kappa shape index (κ2) is 6.35. The number of nitrogens with one attached hydrogen (secondary N) is 2. The van der Waals surface area contributed by atoms with Gasteiger partial charge in [0.15, 0.2) is 0 Å². The van der Waals surface area contributed by atoms with E-state index < -0.39 is 23.9 Å². The molecular weight excluding hydrogens is 253 g/mol. The fourth-order valence-electron chi connectivity index (χ4n) is 1.37. The summed E-state index contributed by atoms with van der Waals surface area (Å²) in [5, 5.41) is 22.1. The Labute approximate surface area is 108 Å². The second-order valence-electron chi connectivity index (χ2n) is 3.70. The highest BCUT2D eigenvalue weighted by molar-refractivity contribution is 5.93. The molecule has 0 unspecified atom stereocenters. The van der Waals surface area contributed by atoms with Crippen molar-refractivity contribution in [3.8, 4) is 6.07 Å². The predicted molar refractivity (Wildman–Crippen MR) is 65.0 cm³/mol. The number of nitrogens with zero attached hydrogens (tertiary/aromatic N) is 1. The molecule has 3 N–H and O–H groups in total. The minimum absolute atomic E-state index is 0.0430. The number of carbonyl (C=O) groups is 2. The van der Waals surface area contributed by atoms with Gasteiger partial charge < -0.3 is 15.7 Å². The van der Waals surface area contributed by atoms with Crippen molar-refractivity contribution in [3.63, 3.8) is 0 Å². The molecule has 0 aliphatic carbocycles. The van der Waals surface area contributed by atoms with Crippen LogP contribution in [0.1, 0.15) is 18.9 Å². The second-order valence-corrected chi connectivity index (χ2v) is 3.70. The van der Waals surface area contributed by atoms with Crippen molar-refractivity contribution in [2.75, 3.05) is 5.32 Å². The van der Waals surface area contributed by atoms with Crippen molar-refractivity contribution in [1.82, 2.24) is 5.32 Å². The molecule has 0 radical (unpaired) electrons.